The largest absolute Gasteiger partial charge is 0.393 e. The highest BCUT2D eigenvalue weighted by Crippen LogP contribution is 2.15. The molecule has 1 aromatic rings. The first-order chi connectivity index (χ1) is 8.99. The van der Waals surface area contributed by atoms with Gasteiger partial charge in [-0.05, 0) is 32.8 Å². The number of hydrogen-bond acceptors (Lipinski definition) is 3. The van der Waals surface area contributed by atoms with Crippen molar-refractivity contribution in [1.29, 1.82) is 0 Å². The molecule has 1 fully saturated rings. The van der Waals surface area contributed by atoms with E-state index in [0.29, 0.717) is 25.9 Å². The van der Waals surface area contributed by atoms with Crippen LogP contribution in [0.25, 0.3) is 6.08 Å². The molecule has 1 aromatic heterocycles. The maximum Gasteiger partial charge on any atom is 0.246 e. The van der Waals surface area contributed by atoms with Gasteiger partial charge < -0.3 is 10.0 Å². The summed E-state index contributed by atoms with van der Waals surface area (Å²) >= 11 is 0. The van der Waals surface area contributed by atoms with Crippen LogP contribution >= 0.6 is 0 Å². The number of piperidine rings is 1. The summed E-state index contributed by atoms with van der Waals surface area (Å²) in [6, 6.07) is 0. The summed E-state index contributed by atoms with van der Waals surface area (Å²) in [6.07, 6.45) is 4.53. The van der Waals surface area contributed by atoms with Crippen molar-refractivity contribution in [2.24, 2.45) is 7.05 Å². The first kappa shape index (κ1) is 13.8. The molecule has 2 heterocycles. The van der Waals surface area contributed by atoms with E-state index < -0.39 is 0 Å². The number of likely N-dealkylation sites (tertiary alicyclic amines) is 1. The summed E-state index contributed by atoms with van der Waals surface area (Å²) in [7, 11) is 1.90. The number of aliphatic hydroxyl groups is 1. The third-order valence-corrected chi connectivity index (χ3v) is 3.73. The summed E-state index contributed by atoms with van der Waals surface area (Å²) in [6.45, 7) is 5.19. The van der Waals surface area contributed by atoms with Crippen molar-refractivity contribution < 1.29 is 9.90 Å². The lowest BCUT2D eigenvalue weighted by Gasteiger charge is -2.28. The average Bonchev–Trinajstić information content (AvgIpc) is 2.62. The quantitative estimate of drug-likeness (QED) is 0.811. The zero-order valence-electron chi connectivity index (χ0n) is 11.8. The smallest absolute Gasteiger partial charge is 0.246 e. The van der Waals surface area contributed by atoms with Crippen molar-refractivity contribution in [3.05, 3.63) is 23.0 Å². The molecule has 0 radical (unpaired) electrons. The topological polar surface area (TPSA) is 58.4 Å². The molecule has 1 aliphatic rings. The van der Waals surface area contributed by atoms with Crippen LogP contribution in [-0.2, 0) is 11.8 Å². The lowest BCUT2D eigenvalue weighted by molar-refractivity contribution is -0.127. The third-order valence-electron chi connectivity index (χ3n) is 3.73. The van der Waals surface area contributed by atoms with E-state index in [4.69, 9.17) is 0 Å². The van der Waals surface area contributed by atoms with Gasteiger partial charge in [0.15, 0.2) is 0 Å². The average molecular weight is 263 g/mol. The number of carbonyl (C=O) groups is 1. The van der Waals surface area contributed by atoms with Gasteiger partial charge in [-0.3, -0.25) is 9.48 Å². The zero-order valence-corrected chi connectivity index (χ0v) is 11.8. The second-order valence-electron chi connectivity index (χ2n) is 5.10. The first-order valence-electron chi connectivity index (χ1n) is 6.64. The molecule has 5 nitrogen and oxygen atoms in total. The normalized spacial score (nSPS) is 17.4. The third kappa shape index (κ3) is 3.04. The van der Waals surface area contributed by atoms with Gasteiger partial charge >= 0.3 is 0 Å². The molecule has 0 aromatic carbocycles. The summed E-state index contributed by atoms with van der Waals surface area (Å²) in [5.74, 6) is 0.00885. The van der Waals surface area contributed by atoms with E-state index in [9.17, 15) is 9.90 Å². The van der Waals surface area contributed by atoms with E-state index in [-0.39, 0.29) is 12.0 Å². The molecule has 5 heteroatoms. The fourth-order valence-electron chi connectivity index (χ4n) is 2.38. The van der Waals surface area contributed by atoms with Gasteiger partial charge in [0.05, 0.1) is 11.8 Å². The van der Waals surface area contributed by atoms with E-state index in [1.165, 1.54) is 0 Å². The zero-order chi connectivity index (χ0) is 14.0. The molecular weight excluding hydrogens is 242 g/mol. The molecule has 19 heavy (non-hydrogen) atoms. The van der Waals surface area contributed by atoms with Crippen molar-refractivity contribution >= 4 is 12.0 Å². The van der Waals surface area contributed by atoms with Crippen molar-refractivity contribution in [3.63, 3.8) is 0 Å². The van der Waals surface area contributed by atoms with Crippen LogP contribution in [0.3, 0.4) is 0 Å². The summed E-state index contributed by atoms with van der Waals surface area (Å²) in [5.41, 5.74) is 2.99. The van der Waals surface area contributed by atoms with Gasteiger partial charge in [0.25, 0.3) is 0 Å². The number of aryl methyl sites for hydroxylation is 2. The molecular formula is C14H21N3O2. The molecule has 1 aliphatic heterocycles. The highest BCUT2D eigenvalue weighted by molar-refractivity contribution is 5.92. The standard InChI is InChI=1S/C14H21N3O2/c1-10-13(11(2)16(3)15-10)4-5-14(19)17-8-6-12(18)7-9-17/h4-5,12,18H,6-9H2,1-3H3/b5-4+. The number of aromatic nitrogens is 2. The van der Waals surface area contributed by atoms with Crippen molar-refractivity contribution in [3.8, 4) is 0 Å². The van der Waals surface area contributed by atoms with Crippen LogP contribution in [0.4, 0.5) is 0 Å². The highest BCUT2D eigenvalue weighted by Gasteiger charge is 2.19. The van der Waals surface area contributed by atoms with Crippen LogP contribution in [0.5, 0.6) is 0 Å². The Morgan fingerprint density at radius 2 is 2.00 bits per heavy atom. The Kier molecular flexibility index (Phi) is 4.04. The Bertz CT molecular complexity index is 497. The van der Waals surface area contributed by atoms with Crippen molar-refractivity contribution in [2.45, 2.75) is 32.8 Å². The monoisotopic (exact) mass is 263 g/mol. The fourth-order valence-corrected chi connectivity index (χ4v) is 2.38. The van der Waals surface area contributed by atoms with Crippen LogP contribution in [0.1, 0.15) is 29.8 Å². The molecule has 1 N–H and O–H groups in total. The maximum atomic E-state index is 12.0. The van der Waals surface area contributed by atoms with Crippen LogP contribution in [0.15, 0.2) is 6.08 Å². The summed E-state index contributed by atoms with van der Waals surface area (Å²) in [4.78, 5) is 13.8. The molecule has 0 saturated carbocycles. The predicted molar refractivity (Wildman–Crippen MR) is 73.5 cm³/mol. The Labute approximate surface area is 113 Å². The lowest BCUT2D eigenvalue weighted by atomic mass is 10.1. The van der Waals surface area contributed by atoms with Crippen LogP contribution in [0.2, 0.25) is 0 Å². The summed E-state index contributed by atoms with van der Waals surface area (Å²) in [5, 5.41) is 13.7. The van der Waals surface area contributed by atoms with E-state index >= 15 is 0 Å². The van der Waals surface area contributed by atoms with Gasteiger partial charge in [0.2, 0.25) is 5.91 Å². The maximum absolute atomic E-state index is 12.0. The van der Waals surface area contributed by atoms with Crippen LogP contribution in [-0.4, -0.2) is 44.9 Å². The molecule has 1 saturated heterocycles. The van der Waals surface area contributed by atoms with Gasteiger partial charge in [0, 0.05) is 37.5 Å². The molecule has 0 unspecified atom stereocenters. The number of rotatable bonds is 2. The van der Waals surface area contributed by atoms with Gasteiger partial charge in [-0.2, -0.15) is 5.10 Å². The number of nitrogens with zero attached hydrogens (tertiary/aromatic N) is 3. The second-order valence-corrected chi connectivity index (χ2v) is 5.10. The number of carbonyl (C=O) groups excluding carboxylic acids is 1. The van der Waals surface area contributed by atoms with Gasteiger partial charge in [-0.25, -0.2) is 0 Å². The van der Waals surface area contributed by atoms with E-state index in [0.717, 1.165) is 17.0 Å². The van der Waals surface area contributed by atoms with Crippen molar-refractivity contribution in [2.75, 3.05) is 13.1 Å². The van der Waals surface area contributed by atoms with Crippen molar-refractivity contribution in [1.82, 2.24) is 14.7 Å². The van der Waals surface area contributed by atoms with Gasteiger partial charge in [-0.15, -0.1) is 0 Å². The number of amides is 1. The van der Waals surface area contributed by atoms with E-state index in [2.05, 4.69) is 5.10 Å². The van der Waals surface area contributed by atoms with Gasteiger partial charge in [-0.1, -0.05) is 0 Å². The molecule has 2 rings (SSSR count). The molecule has 0 spiro atoms. The lowest BCUT2D eigenvalue weighted by Crippen LogP contribution is -2.39. The van der Waals surface area contributed by atoms with E-state index in [1.54, 1.807) is 11.0 Å². The van der Waals surface area contributed by atoms with Crippen LogP contribution in [0, 0.1) is 13.8 Å². The number of hydrogen-bond donors (Lipinski definition) is 1. The minimum atomic E-state index is -0.254. The molecule has 1 amide bonds. The molecule has 104 valence electrons. The van der Waals surface area contributed by atoms with Crippen LogP contribution < -0.4 is 0 Å². The molecule has 0 atom stereocenters. The minimum Gasteiger partial charge on any atom is -0.393 e. The Morgan fingerprint density at radius 3 is 2.53 bits per heavy atom. The molecule has 0 bridgehead atoms. The highest BCUT2D eigenvalue weighted by atomic mass is 16.3. The predicted octanol–water partition coefficient (Wildman–Crippen LogP) is 1.03. The SMILES string of the molecule is Cc1nn(C)c(C)c1/C=C/C(=O)N1CCC(O)CC1. The first-order valence-corrected chi connectivity index (χ1v) is 6.64. The minimum absolute atomic E-state index is 0.00885. The second kappa shape index (κ2) is 5.57. The Morgan fingerprint density at radius 1 is 1.37 bits per heavy atom. The summed E-state index contributed by atoms with van der Waals surface area (Å²) < 4.78 is 1.82. The Hall–Kier alpha value is -1.62. The number of aliphatic hydroxyl groups excluding tert-OH is 1. The Balaban J connectivity index is 2.04. The van der Waals surface area contributed by atoms with E-state index in [1.807, 2.05) is 31.7 Å². The van der Waals surface area contributed by atoms with Gasteiger partial charge in [0.1, 0.15) is 0 Å². The molecule has 0 aliphatic carbocycles. The fraction of sp³-hybridized carbons (Fsp3) is 0.571.